The Kier molecular flexibility index (Phi) is 2.81. The quantitative estimate of drug-likeness (QED) is 0.890. The number of halogens is 1. The molecule has 0 spiro atoms. The maximum Gasteiger partial charge on any atom is 0.240 e. The third-order valence-corrected chi connectivity index (χ3v) is 2.91. The summed E-state index contributed by atoms with van der Waals surface area (Å²) in [6.45, 7) is 1.17. The summed E-state index contributed by atoms with van der Waals surface area (Å²) in [5.41, 5.74) is 6.05. The molecule has 1 aromatic heterocycles. The Morgan fingerprint density at radius 3 is 2.89 bits per heavy atom. The number of nitrogens with two attached hydrogens (primary N) is 1. The van der Waals surface area contributed by atoms with Crippen molar-refractivity contribution in [2.24, 2.45) is 5.73 Å². The molecule has 0 saturated heterocycles. The second kappa shape index (κ2) is 4.47. The van der Waals surface area contributed by atoms with Gasteiger partial charge in [0.15, 0.2) is 11.5 Å². The first-order valence-corrected chi connectivity index (χ1v) is 5.78. The number of nitrogens with zero attached hydrogens (tertiary/aromatic N) is 2. The van der Waals surface area contributed by atoms with Gasteiger partial charge in [0.1, 0.15) is 13.2 Å². The van der Waals surface area contributed by atoms with Crippen LogP contribution in [0.4, 0.5) is 0 Å². The zero-order valence-corrected chi connectivity index (χ0v) is 10.1. The molecule has 1 aliphatic rings. The number of hydrogen-bond donors (Lipinski definition) is 1. The molecule has 0 fully saturated rings. The molecule has 0 saturated carbocycles. The smallest absolute Gasteiger partial charge is 0.240 e. The molecule has 6 nitrogen and oxygen atoms in total. The van der Waals surface area contributed by atoms with Crippen molar-refractivity contribution in [3.63, 3.8) is 0 Å². The summed E-state index contributed by atoms with van der Waals surface area (Å²) in [5.74, 6) is 1.88. The molecule has 2 N–H and O–H groups in total. The highest BCUT2D eigenvalue weighted by Gasteiger charge is 2.21. The van der Waals surface area contributed by atoms with E-state index in [9.17, 15) is 0 Å². The standard InChI is InChI=1S/C11H10ClN3O3/c12-9-6(11-14-8(5-13)18-15-11)1-2-7-10(9)17-4-3-16-7/h1-2H,3-5,13H2. The molecule has 94 valence electrons. The lowest BCUT2D eigenvalue weighted by atomic mass is 10.2. The summed E-state index contributed by atoms with van der Waals surface area (Å²) in [5, 5.41) is 4.23. The largest absolute Gasteiger partial charge is 0.486 e. The van der Waals surface area contributed by atoms with E-state index < -0.39 is 0 Å². The lowest BCUT2D eigenvalue weighted by Gasteiger charge is -2.19. The topological polar surface area (TPSA) is 83.4 Å². The predicted molar refractivity (Wildman–Crippen MR) is 63.6 cm³/mol. The first-order chi connectivity index (χ1) is 8.79. The summed E-state index contributed by atoms with van der Waals surface area (Å²) in [4.78, 5) is 4.13. The maximum absolute atomic E-state index is 6.26. The molecular formula is C11H10ClN3O3. The van der Waals surface area contributed by atoms with Gasteiger partial charge in [0, 0.05) is 5.56 Å². The van der Waals surface area contributed by atoms with E-state index in [-0.39, 0.29) is 6.54 Å². The van der Waals surface area contributed by atoms with E-state index in [1.165, 1.54) is 0 Å². The number of ether oxygens (including phenoxy) is 2. The fraction of sp³-hybridized carbons (Fsp3) is 0.273. The Morgan fingerprint density at radius 2 is 2.11 bits per heavy atom. The van der Waals surface area contributed by atoms with Crippen LogP contribution in [0.3, 0.4) is 0 Å². The molecule has 0 amide bonds. The van der Waals surface area contributed by atoms with Crippen LogP contribution in [-0.4, -0.2) is 23.4 Å². The predicted octanol–water partition coefficient (Wildman–Crippen LogP) is 1.62. The highest BCUT2D eigenvalue weighted by Crippen LogP contribution is 2.42. The van der Waals surface area contributed by atoms with E-state index in [2.05, 4.69) is 10.1 Å². The van der Waals surface area contributed by atoms with Gasteiger partial charge in [-0.1, -0.05) is 16.8 Å². The number of rotatable bonds is 2. The number of fused-ring (bicyclic) bond motifs is 1. The number of aromatic nitrogens is 2. The van der Waals surface area contributed by atoms with Gasteiger partial charge in [0.05, 0.1) is 11.6 Å². The Balaban J connectivity index is 2.07. The van der Waals surface area contributed by atoms with Crippen LogP contribution >= 0.6 is 11.6 Å². The van der Waals surface area contributed by atoms with Crippen LogP contribution in [0.2, 0.25) is 5.02 Å². The number of benzene rings is 1. The van der Waals surface area contributed by atoms with Gasteiger partial charge in [-0.25, -0.2) is 0 Å². The third kappa shape index (κ3) is 1.79. The van der Waals surface area contributed by atoms with Crippen molar-refractivity contribution in [1.29, 1.82) is 0 Å². The number of hydrogen-bond acceptors (Lipinski definition) is 6. The molecule has 0 unspecified atom stereocenters. The molecule has 0 radical (unpaired) electrons. The van der Waals surface area contributed by atoms with Gasteiger partial charge in [0.25, 0.3) is 0 Å². The Hall–Kier alpha value is -1.79. The van der Waals surface area contributed by atoms with Crippen molar-refractivity contribution in [3.8, 4) is 22.9 Å². The molecule has 2 aromatic rings. The van der Waals surface area contributed by atoms with Crippen molar-refractivity contribution in [1.82, 2.24) is 10.1 Å². The molecule has 7 heteroatoms. The van der Waals surface area contributed by atoms with Crippen molar-refractivity contribution in [3.05, 3.63) is 23.0 Å². The third-order valence-electron chi connectivity index (χ3n) is 2.53. The molecule has 0 bridgehead atoms. The molecule has 1 aromatic carbocycles. The molecular weight excluding hydrogens is 258 g/mol. The fourth-order valence-electron chi connectivity index (χ4n) is 1.70. The van der Waals surface area contributed by atoms with Gasteiger partial charge in [-0.05, 0) is 12.1 Å². The molecule has 0 atom stereocenters. The van der Waals surface area contributed by atoms with E-state index in [1.54, 1.807) is 12.1 Å². The van der Waals surface area contributed by atoms with Crippen LogP contribution in [-0.2, 0) is 6.54 Å². The Morgan fingerprint density at radius 1 is 1.28 bits per heavy atom. The van der Waals surface area contributed by atoms with Crippen LogP contribution in [0.1, 0.15) is 5.89 Å². The van der Waals surface area contributed by atoms with E-state index in [0.717, 1.165) is 0 Å². The fourth-order valence-corrected chi connectivity index (χ4v) is 2.00. The zero-order chi connectivity index (χ0) is 12.5. The lowest BCUT2D eigenvalue weighted by molar-refractivity contribution is 0.172. The highest BCUT2D eigenvalue weighted by molar-refractivity contribution is 6.35. The minimum absolute atomic E-state index is 0.190. The van der Waals surface area contributed by atoms with Crippen molar-refractivity contribution in [2.75, 3.05) is 13.2 Å². The summed E-state index contributed by atoms with van der Waals surface area (Å²) in [6.07, 6.45) is 0. The summed E-state index contributed by atoms with van der Waals surface area (Å²) in [6, 6.07) is 3.54. The molecule has 0 aliphatic carbocycles. The molecule has 18 heavy (non-hydrogen) atoms. The van der Waals surface area contributed by atoms with Gasteiger partial charge in [-0.3, -0.25) is 0 Å². The second-order valence-corrected chi connectivity index (χ2v) is 4.05. The van der Waals surface area contributed by atoms with Gasteiger partial charge in [0.2, 0.25) is 11.7 Å². The summed E-state index contributed by atoms with van der Waals surface area (Å²) >= 11 is 6.26. The minimum Gasteiger partial charge on any atom is -0.486 e. The van der Waals surface area contributed by atoms with Crippen molar-refractivity contribution in [2.45, 2.75) is 6.54 Å². The Labute approximate surface area is 108 Å². The summed E-state index contributed by atoms with van der Waals surface area (Å²) < 4.78 is 15.9. The van der Waals surface area contributed by atoms with Gasteiger partial charge >= 0.3 is 0 Å². The lowest BCUT2D eigenvalue weighted by Crippen LogP contribution is -2.15. The van der Waals surface area contributed by atoms with Crippen LogP contribution in [0.5, 0.6) is 11.5 Å². The molecule has 2 heterocycles. The monoisotopic (exact) mass is 267 g/mol. The average molecular weight is 268 g/mol. The highest BCUT2D eigenvalue weighted by atomic mass is 35.5. The van der Waals surface area contributed by atoms with Crippen molar-refractivity contribution >= 4 is 11.6 Å². The summed E-state index contributed by atoms with van der Waals surface area (Å²) in [7, 11) is 0. The van der Waals surface area contributed by atoms with Gasteiger partial charge < -0.3 is 19.7 Å². The van der Waals surface area contributed by atoms with Crippen LogP contribution < -0.4 is 15.2 Å². The van der Waals surface area contributed by atoms with E-state index in [1.807, 2.05) is 0 Å². The minimum atomic E-state index is 0.190. The van der Waals surface area contributed by atoms with Gasteiger partial charge in [-0.15, -0.1) is 0 Å². The molecule has 1 aliphatic heterocycles. The normalized spacial score (nSPS) is 13.7. The first kappa shape index (κ1) is 11.3. The van der Waals surface area contributed by atoms with Crippen LogP contribution in [0.15, 0.2) is 16.7 Å². The Bertz CT molecular complexity index is 585. The van der Waals surface area contributed by atoms with E-state index in [0.29, 0.717) is 47.0 Å². The zero-order valence-electron chi connectivity index (χ0n) is 9.35. The SMILES string of the molecule is NCc1nc(-c2ccc3c(c2Cl)OCCO3)no1. The average Bonchev–Trinajstić information content (AvgIpc) is 2.88. The van der Waals surface area contributed by atoms with Crippen LogP contribution in [0.25, 0.3) is 11.4 Å². The second-order valence-electron chi connectivity index (χ2n) is 3.67. The maximum atomic E-state index is 6.26. The van der Waals surface area contributed by atoms with Gasteiger partial charge in [-0.2, -0.15) is 4.98 Å². The molecule has 3 rings (SSSR count). The van der Waals surface area contributed by atoms with Crippen LogP contribution in [0, 0.1) is 0 Å². The van der Waals surface area contributed by atoms with Crippen molar-refractivity contribution < 1.29 is 14.0 Å². The van der Waals surface area contributed by atoms with E-state index in [4.69, 9.17) is 31.3 Å². The first-order valence-electron chi connectivity index (χ1n) is 5.40. The van der Waals surface area contributed by atoms with E-state index >= 15 is 0 Å².